The molecule has 3 heterocycles. The molecule has 0 radical (unpaired) electrons. The summed E-state index contributed by atoms with van der Waals surface area (Å²) in [5.74, 6) is -0.00432. The summed E-state index contributed by atoms with van der Waals surface area (Å²) in [4.78, 5) is 23.8. The molecule has 0 amide bonds. The molecule has 1 N–H and O–H groups in total. The van der Waals surface area contributed by atoms with Crippen LogP contribution in [0.25, 0.3) is 0 Å². The van der Waals surface area contributed by atoms with Crippen LogP contribution >= 0.6 is 0 Å². The second kappa shape index (κ2) is 8.36. The van der Waals surface area contributed by atoms with Gasteiger partial charge in [0, 0.05) is 37.2 Å². The van der Waals surface area contributed by atoms with E-state index in [1.165, 1.54) is 12.1 Å². The summed E-state index contributed by atoms with van der Waals surface area (Å²) in [6.45, 7) is 4.57. The minimum atomic E-state index is -0.422. The lowest BCUT2D eigenvalue weighted by Gasteiger charge is -2.32. The number of ether oxygens (including phenoxy) is 1. The molecule has 8 heteroatoms. The average molecular weight is 390 g/mol. The summed E-state index contributed by atoms with van der Waals surface area (Å²) < 4.78 is 32.6. The third kappa shape index (κ3) is 4.39. The van der Waals surface area contributed by atoms with Crippen LogP contribution in [-0.4, -0.2) is 54.3 Å². The number of benzene rings is 1. The fraction of sp³-hybridized carbons (Fsp3) is 0.500. The third-order valence-electron chi connectivity index (χ3n) is 5.47. The van der Waals surface area contributed by atoms with Gasteiger partial charge < -0.3 is 9.64 Å². The first-order valence-electron chi connectivity index (χ1n) is 9.69. The van der Waals surface area contributed by atoms with Crippen molar-refractivity contribution < 1.29 is 13.5 Å². The van der Waals surface area contributed by atoms with Gasteiger partial charge in [0.15, 0.2) is 0 Å². The lowest BCUT2D eigenvalue weighted by Crippen LogP contribution is -2.39. The van der Waals surface area contributed by atoms with Crippen molar-refractivity contribution in [3.63, 3.8) is 0 Å². The largest absolute Gasteiger partial charge is 0.378 e. The molecule has 2 saturated heterocycles. The fourth-order valence-corrected chi connectivity index (χ4v) is 3.89. The zero-order chi connectivity index (χ0) is 19.5. The van der Waals surface area contributed by atoms with Crippen molar-refractivity contribution in [1.82, 2.24) is 14.9 Å². The number of hydrogen-bond donors (Lipinski definition) is 1. The number of anilines is 1. The Hall–Kier alpha value is -2.32. The monoisotopic (exact) mass is 390 g/mol. The number of likely N-dealkylation sites (tertiary alicyclic amines) is 1. The highest BCUT2D eigenvalue weighted by Crippen LogP contribution is 2.28. The van der Waals surface area contributed by atoms with Crippen LogP contribution < -0.4 is 10.5 Å². The van der Waals surface area contributed by atoms with Gasteiger partial charge in [-0.1, -0.05) is 0 Å². The predicted molar refractivity (Wildman–Crippen MR) is 101 cm³/mol. The normalized spacial score (nSPS) is 19.1. The van der Waals surface area contributed by atoms with Gasteiger partial charge in [-0.25, -0.2) is 13.8 Å². The molecule has 2 aromatic rings. The van der Waals surface area contributed by atoms with Crippen molar-refractivity contribution >= 4 is 5.95 Å². The van der Waals surface area contributed by atoms with E-state index in [0.29, 0.717) is 44.4 Å². The van der Waals surface area contributed by atoms with Crippen molar-refractivity contribution in [2.75, 3.05) is 44.3 Å². The number of halogens is 2. The number of nitrogens with one attached hydrogen (secondary N) is 1. The molecule has 28 heavy (non-hydrogen) atoms. The zero-order valence-electron chi connectivity index (χ0n) is 15.7. The van der Waals surface area contributed by atoms with Gasteiger partial charge >= 0.3 is 0 Å². The summed E-state index contributed by atoms with van der Waals surface area (Å²) in [6.07, 6.45) is 1.66. The van der Waals surface area contributed by atoms with E-state index < -0.39 is 5.82 Å². The smallest absolute Gasteiger partial charge is 0.252 e. The summed E-state index contributed by atoms with van der Waals surface area (Å²) in [6, 6.07) is 5.14. The Morgan fingerprint density at radius 2 is 1.86 bits per heavy atom. The van der Waals surface area contributed by atoms with Crippen LogP contribution in [0.15, 0.2) is 29.1 Å². The van der Waals surface area contributed by atoms with Gasteiger partial charge in [-0.2, -0.15) is 0 Å². The molecule has 1 aromatic carbocycles. The van der Waals surface area contributed by atoms with Crippen molar-refractivity contribution in [1.29, 1.82) is 0 Å². The van der Waals surface area contributed by atoms with Gasteiger partial charge in [0.2, 0.25) is 5.95 Å². The highest BCUT2D eigenvalue weighted by atomic mass is 19.1. The Kier molecular flexibility index (Phi) is 5.68. The first-order chi connectivity index (χ1) is 13.6. The molecule has 150 valence electrons. The molecule has 2 aliphatic rings. The predicted octanol–water partition coefficient (Wildman–Crippen LogP) is 2.26. The second-order valence-electron chi connectivity index (χ2n) is 7.38. The molecule has 0 atom stereocenters. The maximum absolute atomic E-state index is 13.9. The molecule has 2 fully saturated rings. The number of H-pyrrole nitrogens is 1. The van der Waals surface area contributed by atoms with Gasteiger partial charge in [0.05, 0.1) is 18.9 Å². The van der Waals surface area contributed by atoms with Crippen molar-refractivity contribution in [2.24, 2.45) is 0 Å². The van der Waals surface area contributed by atoms with Crippen LogP contribution in [0.1, 0.15) is 30.0 Å². The molecule has 0 aliphatic carbocycles. The molecule has 4 rings (SSSR count). The molecule has 1 aromatic heterocycles. The van der Waals surface area contributed by atoms with Gasteiger partial charge in [0.1, 0.15) is 11.6 Å². The van der Waals surface area contributed by atoms with Crippen LogP contribution in [-0.2, 0) is 11.3 Å². The standard InChI is InChI=1S/C20H24F2N4O2/c21-16-1-2-17(22)15(11-16)13-25-5-3-14(4-6-25)18-12-19(27)24-20(23-18)26-7-9-28-10-8-26/h1-2,11-12,14H,3-10,13H2,(H,23,24,27). The molecular formula is C20H24F2N4O2. The zero-order valence-corrected chi connectivity index (χ0v) is 15.7. The quantitative estimate of drug-likeness (QED) is 0.868. The number of piperidine rings is 1. The average Bonchev–Trinajstić information content (AvgIpc) is 2.71. The fourth-order valence-electron chi connectivity index (χ4n) is 3.89. The Bertz CT molecular complexity index is 875. The van der Waals surface area contributed by atoms with Crippen LogP contribution in [0.3, 0.4) is 0 Å². The number of aromatic nitrogens is 2. The topological polar surface area (TPSA) is 61.5 Å². The summed E-state index contributed by atoms with van der Waals surface area (Å²) in [5, 5.41) is 0. The Morgan fingerprint density at radius 1 is 1.11 bits per heavy atom. The number of hydrogen-bond acceptors (Lipinski definition) is 5. The SMILES string of the molecule is O=c1cc(C2CCN(Cc3cc(F)ccc3F)CC2)nc(N2CCOCC2)[nH]1. The van der Waals surface area contributed by atoms with Crippen molar-refractivity contribution in [3.05, 3.63) is 57.5 Å². The van der Waals surface area contributed by atoms with E-state index in [9.17, 15) is 13.6 Å². The molecule has 2 aliphatic heterocycles. The minimum Gasteiger partial charge on any atom is -0.378 e. The van der Waals surface area contributed by atoms with Crippen LogP contribution in [0.2, 0.25) is 0 Å². The van der Waals surface area contributed by atoms with E-state index in [0.717, 1.165) is 37.7 Å². The molecule has 0 spiro atoms. The van der Waals surface area contributed by atoms with E-state index in [-0.39, 0.29) is 17.3 Å². The Labute approximate surface area is 162 Å². The maximum atomic E-state index is 13.9. The second-order valence-corrected chi connectivity index (χ2v) is 7.38. The van der Waals surface area contributed by atoms with E-state index in [2.05, 4.69) is 9.88 Å². The number of rotatable bonds is 4. The minimum absolute atomic E-state index is 0.143. The van der Waals surface area contributed by atoms with E-state index >= 15 is 0 Å². The Morgan fingerprint density at radius 3 is 2.61 bits per heavy atom. The van der Waals surface area contributed by atoms with Gasteiger partial charge in [0.25, 0.3) is 5.56 Å². The summed E-state index contributed by atoms with van der Waals surface area (Å²) in [5.41, 5.74) is 1.04. The third-order valence-corrected chi connectivity index (χ3v) is 5.47. The molecule has 6 nitrogen and oxygen atoms in total. The molecule has 0 saturated carbocycles. The van der Waals surface area contributed by atoms with E-state index in [4.69, 9.17) is 9.72 Å². The summed E-state index contributed by atoms with van der Waals surface area (Å²) >= 11 is 0. The van der Waals surface area contributed by atoms with Gasteiger partial charge in [-0.3, -0.25) is 14.7 Å². The first kappa shape index (κ1) is 19.0. The first-order valence-corrected chi connectivity index (χ1v) is 9.69. The van der Waals surface area contributed by atoms with Gasteiger partial charge in [-0.15, -0.1) is 0 Å². The lowest BCUT2D eigenvalue weighted by atomic mass is 9.93. The maximum Gasteiger partial charge on any atom is 0.252 e. The lowest BCUT2D eigenvalue weighted by molar-refractivity contribution is 0.122. The van der Waals surface area contributed by atoms with Crippen molar-refractivity contribution in [3.8, 4) is 0 Å². The summed E-state index contributed by atoms with van der Waals surface area (Å²) in [7, 11) is 0. The molecule has 0 bridgehead atoms. The van der Waals surface area contributed by atoms with Crippen molar-refractivity contribution in [2.45, 2.75) is 25.3 Å². The van der Waals surface area contributed by atoms with Gasteiger partial charge in [-0.05, 0) is 44.1 Å². The Balaban J connectivity index is 1.41. The van der Waals surface area contributed by atoms with Crippen LogP contribution in [0.4, 0.5) is 14.7 Å². The van der Waals surface area contributed by atoms with Crippen LogP contribution in [0.5, 0.6) is 0 Å². The number of nitrogens with zero attached hydrogens (tertiary/aromatic N) is 3. The van der Waals surface area contributed by atoms with E-state index in [1.807, 2.05) is 4.90 Å². The van der Waals surface area contributed by atoms with Crippen LogP contribution in [0, 0.1) is 11.6 Å². The highest BCUT2D eigenvalue weighted by Gasteiger charge is 2.24. The molecule has 0 unspecified atom stereocenters. The highest BCUT2D eigenvalue weighted by molar-refractivity contribution is 5.31. The number of aromatic amines is 1. The number of morpholine rings is 1. The van der Waals surface area contributed by atoms with E-state index in [1.54, 1.807) is 6.07 Å². The molecular weight excluding hydrogens is 366 g/mol.